The largest absolute Gasteiger partial charge is 0.508 e. The Bertz CT molecular complexity index is 818. The fraction of sp³-hybridized carbons (Fsp3) is 0.250. The molecule has 3 aromatic rings. The van der Waals surface area contributed by atoms with Crippen LogP contribution in [0.4, 0.5) is 0 Å². The summed E-state index contributed by atoms with van der Waals surface area (Å²) in [5, 5.41) is 28.3. The first kappa shape index (κ1) is 20.1. The first-order chi connectivity index (χ1) is 13.5. The van der Waals surface area contributed by atoms with Crippen LogP contribution in [-0.2, 0) is 5.41 Å². The van der Waals surface area contributed by atoms with Gasteiger partial charge in [-0.05, 0) is 66.4 Å². The summed E-state index contributed by atoms with van der Waals surface area (Å²) in [4.78, 5) is 0. The number of benzene rings is 3. The van der Waals surface area contributed by atoms with Gasteiger partial charge in [0, 0.05) is 10.4 Å². The second-order valence-corrected chi connectivity index (χ2v) is 7.65. The zero-order valence-corrected chi connectivity index (χ0v) is 16.4. The van der Waals surface area contributed by atoms with E-state index in [4.69, 9.17) is 16.7 Å². The normalized spacial score (nSPS) is 15.3. The molecule has 0 atom stereocenters. The molecule has 1 aliphatic rings. The highest BCUT2D eigenvalue weighted by Gasteiger charge is 2.35. The highest BCUT2D eigenvalue weighted by atomic mass is 35.5. The number of phenolic OH excluding ortho intramolecular Hbond substituents is 3. The van der Waals surface area contributed by atoms with Crippen molar-refractivity contribution < 1.29 is 15.3 Å². The van der Waals surface area contributed by atoms with Crippen LogP contribution in [0, 0.1) is 0 Å². The van der Waals surface area contributed by atoms with Gasteiger partial charge in [0.25, 0.3) is 0 Å². The van der Waals surface area contributed by atoms with Crippen molar-refractivity contribution in [2.24, 2.45) is 0 Å². The lowest BCUT2D eigenvalue weighted by Crippen LogP contribution is -2.30. The molecule has 0 radical (unpaired) electrons. The van der Waals surface area contributed by atoms with E-state index in [0.29, 0.717) is 16.5 Å². The summed E-state index contributed by atoms with van der Waals surface area (Å²) in [6, 6.07) is 21.7. The third kappa shape index (κ3) is 4.79. The van der Waals surface area contributed by atoms with E-state index in [9.17, 15) is 10.2 Å². The number of hydrogen-bond acceptors (Lipinski definition) is 3. The van der Waals surface area contributed by atoms with Crippen LogP contribution < -0.4 is 0 Å². The van der Waals surface area contributed by atoms with Gasteiger partial charge < -0.3 is 15.3 Å². The van der Waals surface area contributed by atoms with Gasteiger partial charge in [0.15, 0.2) is 0 Å². The first-order valence-electron chi connectivity index (χ1n) is 9.53. The van der Waals surface area contributed by atoms with Crippen molar-refractivity contribution in [1.82, 2.24) is 0 Å². The van der Waals surface area contributed by atoms with Crippen molar-refractivity contribution >= 4 is 11.6 Å². The predicted octanol–water partition coefficient (Wildman–Crippen LogP) is 6.39. The summed E-state index contributed by atoms with van der Waals surface area (Å²) < 4.78 is 0. The Kier molecular flexibility index (Phi) is 6.48. The molecule has 1 saturated carbocycles. The van der Waals surface area contributed by atoms with Gasteiger partial charge in [0.05, 0.1) is 0 Å². The maximum atomic E-state index is 9.51. The van der Waals surface area contributed by atoms with Gasteiger partial charge in [-0.1, -0.05) is 61.2 Å². The van der Waals surface area contributed by atoms with Crippen molar-refractivity contribution in [2.75, 3.05) is 0 Å². The molecule has 0 amide bonds. The van der Waals surface area contributed by atoms with Crippen molar-refractivity contribution in [1.29, 1.82) is 0 Å². The molecule has 3 nitrogen and oxygen atoms in total. The Morgan fingerprint density at radius 2 is 1.11 bits per heavy atom. The maximum absolute atomic E-state index is 9.51. The first-order valence-corrected chi connectivity index (χ1v) is 9.91. The van der Waals surface area contributed by atoms with E-state index in [1.54, 1.807) is 42.5 Å². The molecule has 4 heteroatoms. The molecular formula is C24H25ClO3. The smallest absolute Gasteiger partial charge is 0.117 e. The quantitative estimate of drug-likeness (QED) is 0.470. The zero-order valence-electron chi connectivity index (χ0n) is 15.7. The molecule has 0 spiro atoms. The maximum Gasteiger partial charge on any atom is 0.117 e. The number of hydrogen-bond donors (Lipinski definition) is 3. The molecule has 0 unspecified atom stereocenters. The predicted molar refractivity (Wildman–Crippen MR) is 113 cm³/mol. The number of phenols is 3. The van der Waals surface area contributed by atoms with Crippen LogP contribution in [-0.4, -0.2) is 15.3 Å². The molecular weight excluding hydrogens is 372 g/mol. The SMILES string of the molecule is Oc1ccc(C2(c3ccc(O)cc3)CCCCC2)cc1.Oc1cccc(Cl)c1. The second-order valence-electron chi connectivity index (χ2n) is 7.22. The van der Waals surface area contributed by atoms with Crippen molar-refractivity contribution in [3.05, 3.63) is 88.9 Å². The summed E-state index contributed by atoms with van der Waals surface area (Å²) in [6.07, 6.45) is 5.99. The Labute approximate surface area is 170 Å². The molecule has 1 fully saturated rings. The summed E-state index contributed by atoms with van der Waals surface area (Å²) >= 11 is 5.48. The van der Waals surface area contributed by atoms with E-state index < -0.39 is 0 Å². The summed E-state index contributed by atoms with van der Waals surface area (Å²) in [5.74, 6) is 0.827. The molecule has 3 N–H and O–H groups in total. The molecule has 146 valence electrons. The van der Waals surface area contributed by atoms with Gasteiger partial charge in [-0.25, -0.2) is 0 Å². The van der Waals surface area contributed by atoms with Crippen molar-refractivity contribution in [3.63, 3.8) is 0 Å². The van der Waals surface area contributed by atoms with Crippen LogP contribution in [0.3, 0.4) is 0 Å². The van der Waals surface area contributed by atoms with Gasteiger partial charge in [0.2, 0.25) is 0 Å². The van der Waals surface area contributed by atoms with Gasteiger partial charge in [-0.15, -0.1) is 0 Å². The zero-order chi connectivity index (χ0) is 20.0. The second kappa shape index (κ2) is 9.03. The molecule has 0 aromatic heterocycles. The average molecular weight is 397 g/mol. The third-order valence-electron chi connectivity index (χ3n) is 5.36. The highest BCUT2D eigenvalue weighted by molar-refractivity contribution is 6.30. The molecule has 1 aliphatic carbocycles. The van der Waals surface area contributed by atoms with E-state index in [0.717, 1.165) is 12.8 Å². The Balaban J connectivity index is 0.000000236. The molecule has 0 bridgehead atoms. The van der Waals surface area contributed by atoms with Gasteiger partial charge in [-0.3, -0.25) is 0 Å². The lowest BCUT2D eigenvalue weighted by atomic mass is 9.65. The third-order valence-corrected chi connectivity index (χ3v) is 5.59. The van der Waals surface area contributed by atoms with E-state index in [-0.39, 0.29) is 11.2 Å². The monoisotopic (exact) mass is 396 g/mol. The summed E-state index contributed by atoms with van der Waals surface area (Å²) in [6.45, 7) is 0. The van der Waals surface area contributed by atoms with E-state index in [2.05, 4.69) is 0 Å². The Morgan fingerprint density at radius 3 is 1.50 bits per heavy atom. The number of aromatic hydroxyl groups is 3. The fourth-order valence-corrected chi connectivity index (χ4v) is 4.12. The molecule has 0 heterocycles. The van der Waals surface area contributed by atoms with Crippen LogP contribution in [0.15, 0.2) is 72.8 Å². The van der Waals surface area contributed by atoms with E-state index >= 15 is 0 Å². The molecule has 0 aliphatic heterocycles. The average Bonchev–Trinajstić information content (AvgIpc) is 2.70. The summed E-state index contributed by atoms with van der Waals surface area (Å²) in [7, 11) is 0. The van der Waals surface area contributed by atoms with Gasteiger partial charge >= 0.3 is 0 Å². The van der Waals surface area contributed by atoms with Gasteiger partial charge in [-0.2, -0.15) is 0 Å². The van der Waals surface area contributed by atoms with Crippen LogP contribution >= 0.6 is 11.6 Å². The van der Waals surface area contributed by atoms with E-state index in [1.807, 2.05) is 24.3 Å². The van der Waals surface area contributed by atoms with Crippen molar-refractivity contribution in [3.8, 4) is 17.2 Å². The minimum Gasteiger partial charge on any atom is -0.508 e. The lowest BCUT2D eigenvalue weighted by Gasteiger charge is -2.38. The van der Waals surface area contributed by atoms with E-state index in [1.165, 1.54) is 36.5 Å². The highest BCUT2D eigenvalue weighted by Crippen LogP contribution is 2.45. The lowest BCUT2D eigenvalue weighted by molar-refractivity contribution is 0.345. The molecule has 3 aromatic carbocycles. The summed E-state index contributed by atoms with van der Waals surface area (Å²) in [5.41, 5.74) is 2.56. The Morgan fingerprint density at radius 1 is 0.607 bits per heavy atom. The van der Waals surface area contributed by atoms with Crippen LogP contribution in [0.25, 0.3) is 0 Å². The molecule has 28 heavy (non-hydrogen) atoms. The molecule has 0 saturated heterocycles. The van der Waals surface area contributed by atoms with Crippen LogP contribution in [0.1, 0.15) is 43.2 Å². The topological polar surface area (TPSA) is 60.7 Å². The van der Waals surface area contributed by atoms with Crippen LogP contribution in [0.5, 0.6) is 17.2 Å². The minimum atomic E-state index is 0.0274. The number of rotatable bonds is 2. The van der Waals surface area contributed by atoms with Crippen LogP contribution in [0.2, 0.25) is 5.02 Å². The number of halogens is 1. The standard InChI is InChI=1S/C18H20O2.C6H5ClO/c19-16-8-4-14(5-9-16)18(12-2-1-3-13-18)15-6-10-17(20)11-7-15;7-5-2-1-3-6(8)4-5/h4-11,19-20H,1-3,12-13H2;1-4,8H. The van der Waals surface area contributed by atoms with Gasteiger partial charge in [0.1, 0.15) is 17.2 Å². The van der Waals surface area contributed by atoms with Crippen molar-refractivity contribution in [2.45, 2.75) is 37.5 Å². The fourth-order valence-electron chi connectivity index (χ4n) is 3.94. The molecule has 4 rings (SSSR count). The minimum absolute atomic E-state index is 0.0274. The Hall–Kier alpha value is -2.65.